The standard InChI is InChI=1S/C24H16N4O4/c29-18-10-11-21-20(13-18)15(14-25-21)5-12-23-26-22-4-2-1-3-19(22)24(30)27(23)16-6-8-17(9-7-16)28(31)32/h1-14,25,29H. The topological polar surface area (TPSA) is 114 Å². The van der Waals surface area contributed by atoms with Crippen molar-refractivity contribution in [3.05, 3.63) is 105 Å². The Morgan fingerprint density at radius 2 is 1.78 bits per heavy atom. The highest BCUT2D eigenvalue weighted by Crippen LogP contribution is 2.25. The number of hydrogen-bond acceptors (Lipinski definition) is 5. The number of H-pyrrole nitrogens is 1. The van der Waals surface area contributed by atoms with Crippen LogP contribution in [-0.2, 0) is 0 Å². The maximum atomic E-state index is 13.3. The molecule has 2 aromatic heterocycles. The number of nitro groups is 1. The second kappa shape index (κ2) is 7.51. The molecule has 0 atom stereocenters. The Morgan fingerprint density at radius 3 is 2.56 bits per heavy atom. The number of phenols is 1. The molecule has 0 aliphatic carbocycles. The van der Waals surface area contributed by atoms with Crippen molar-refractivity contribution in [3.8, 4) is 11.4 Å². The SMILES string of the molecule is O=c1c2ccccc2nc(C=Cc2c[nH]c3ccc(O)cc23)n1-c1ccc([N+](=O)[O-])cc1. The molecule has 8 heteroatoms. The molecule has 5 rings (SSSR count). The summed E-state index contributed by atoms with van der Waals surface area (Å²) in [6.45, 7) is 0. The van der Waals surface area contributed by atoms with Crippen LogP contribution < -0.4 is 5.56 Å². The first kappa shape index (κ1) is 19.3. The molecule has 0 saturated carbocycles. The van der Waals surface area contributed by atoms with E-state index in [-0.39, 0.29) is 17.0 Å². The molecule has 0 radical (unpaired) electrons. The number of phenolic OH excluding ortho intramolecular Hbond substituents is 1. The molecular formula is C24H16N4O4. The number of aromatic hydroxyl groups is 1. The molecule has 0 spiro atoms. The lowest BCUT2D eigenvalue weighted by atomic mass is 10.1. The number of nitrogens with one attached hydrogen (secondary N) is 1. The summed E-state index contributed by atoms with van der Waals surface area (Å²) in [6, 6.07) is 17.8. The summed E-state index contributed by atoms with van der Waals surface area (Å²) in [5.74, 6) is 0.524. The molecule has 0 aliphatic heterocycles. The van der Waals surface area contributed by atoms with E-state index < -0.39 is 4.92 Å². The molecule has 2 heterocycles. The van der Waals surface area contributed by atoms with E-state index in [0.29, 0.717) is 22.4 Å². The fraction of sp³-hybridized carbons (Fsp3) is 0. The molecule has 8 nitrogen and oxygen atoms in total. The Bertz CT molecular complexity index is 1580. The van der Waals surface area contributed by atoms with Gasteiger partial charge in [-0.3, -0.25) is 19.5 Å². The molecule has 156 valence electrons. The first-order chi connectivity index (χ1) is 15.5. The van der Waals surface area contributed by atoms with Crippen LogP contribution in [0.1, 0.15) is 11.4 Å². The Kier molecular flexibility index (Phi) is 4.52. The Balaban J connectivity index is 1.70. The smallest absolute Gasteiger partial charge is 0.269 e. The fourth-order valence-electron chi connectivity index (χ4n) is 3.67. The highest BCUT2D eigenvalue weighted by atomic mass is 16.6. The lowest BCUT2D eigenvalue weighted by molar-refractivity contribution is -0.384. The number of para-hydroxylation sites is 1. The van der Waals surface area contributed by atoms with Crippen molar-refractivity contribution in [2.45, 2.75) is 0 Å². The minimum absolute atomic E-state index is 0.0637. The van der Waals surface area contributed by atoms with Crippen LogP contribution in [0.5, 0.6) is 5.75 Å². The fourth-order valence-corrected chi connectivity index (χ4v) is 3.67. The van der Waals surface area contributed by atoms with Crippen LogP contribution in [0.4, 0.5) is 5.69 Å². The molecule has 0 fully saturated rings. The van der Waals surface area contributed by atoms with Crippen LogP contribution >= 0.6 is 0 Å². The zero-order valence-electron chi connectivity index (χ0n) is 16.6. The third-order valence-electron chi connectivity index (χ3n) is 5.23. The average molecular weight is 424 g/mol. The van der Waals surface area contributed by atoms with Crippen molar-refractivity contribution in [1.82, 2.24) is 14.5 Å². The Morgan fingerprint density at radius 1 is 1.00 bits per heavy atom. The average Bonchev–Trinajstić information content (AvgIpc) is 3.20. The largest absolute Gasteiger partial charge is 0.508 e. The third kappa shape index (κ3) is 3.29. The van der Waals surface area contributed by atoms with Gasteiger partial charge in [0.15, 0.2) is 0 Å². The second-order valence-corrected chi connectivity index (χ2v) is 7.21. The summed E-state index contributed by atoms with van der Waals surface area (Å²) in [7, 11) is 0. The zero-order valence-corrected chi connectivity index (χ0v) is 16.6. The number of nitro benzene ring substituents is 1. The van der Waals surface area contributed by atoms with Crippen LogP contribution in [0.2, 0.25) is 0 Å². The summed E-state index contributed by atoms with van der Waals surface area (Å²) in [4.78, 5) is 31.6. The lowest BCUT2D eigenvalue weighted by Gasteiger charge is -2.11. The van der Waals surface area contributed by atoms with Gasteiger partial charge in [-0.15, -0.1) is 0 Å². The summed E-state index contributed by atoms with van der Waals surface area (Å²) in [5, 5.41) is 22.1. The summed E-state index contributed by atoms with van der Waals surface area (Å²) in [6.07, 6.45) is 5.31. The van der Waals surface area contributed by atoms with Gasteiger partial charge in [-0.25, -0.2) is 4.98 Å². The summed E-state index contributed by atoms with van der Waals surface area (Å²) in [5.41, 5.74) is 2.35. The van der Waals surface area contributed by atoms with E-state index >= 15 is 0 Å². The molecule has 5 aromatic rings. The number of non-ortho nitro benzene ring substituents is 1. The Labute approximate surface area is 180 Å². The van der Waals surface area contributed by atoms with E-state index in [4.69, 9.17) is 0 Å². The van der Waals surface area contributed by atoms with Gasteiger partial charge in [0, 0.05) is 34.8 Å². The molecule has 0 unspecified atom stereocenters. The number of hydrogen-bond donors (Lipinski definition) is 2. The first-order valence-electron chi connectivity index (χ1n) is 9.76. The van der Waals surface area contributed by atoms with Gasteiger partial charge in [0.25, 0.3) is 11.2 Å². The number of benzene rings is 3. The minimum Gasteiger partial charge on any atom is -0.508 e. The maximum Gasteiger partial charge on any atom is 0.269 e. The number of nitrogens with zero attached hydrogens (tertiary/aromatic N) is 3. The maximum absolute atomic E-state index is 13.3. The van der Waals surface area contributed by atoms with Crippen LogP contribution in [-0.4, -0.2) is 24.6 Å². The molecule has 0 aliphatic rings. The monoisotopic (exact) mass is 424 g/mol. The zero-order chi connectivity index (χ0) is 22.2. The number of rotatable bonds is 4. The lowest BCUT2D eigenvalue weighted by Crippen LogP contribution is -2.22. The van der Waals surface area contributed by atoms with E-state index in [1.165, 1.54) is 28.8 Å². The van der Waals surface area contributed by atoms with Crippen LogP contribution in [0.3, 0.4) is 0 Å². The quantitative estimate of drug-likeness (QED) is 0.322. The van der Waals surface area contributed by atoms with Crippen LogP contribution in [0, 0.1) is 10.1 Å². The summed E-state index contributed by atoms with van der Waals surface area (Å²) >= 11 is 0. The van der Waals surface area contributed by atoms with E-state index in [1.54, 1.807) is 60.8 Å². The van der Waals surface area contributed by atoms with Gasteiger partial charge in [-0.2, -0.15) is 0 Å². The number of aromatic amines is 1. The van der Waals surface area contributed by atoms with E-state index in [2.05, 4.69) is 9.97 Å². The van der Waals surface area contributed by atoms with Crippen molar-refractivity contribution in [2.24, 2.45) is 0 Å². The molecule has 0 saturated heterocycles. The number of aromatic nitrogens is 3. The Hall–Kier alpha value is -4.72. The van der Waals surface area contributed by atoms with Crippen molar-refractivity contribution in [3.63, 3.8) is 0 Å². The van der Waals surface area contributed by atoms with Gasteiger partial charge < -0.3 is 10.1 Å². The van der Waals surface area contributed by atoms with E-state index in [9.17, 15) is 20.0 Å². The molecule has 0 amide bonds. The van der Waals surface area contributed by atoms with Crippen molar-refractivity contribution in [2.75, 3.05) is 0 Å². The van der Waals surface area contributed by atoms with Gasteiger partial charge in [-0.1, -0.05) is 12.1 Å². The highest BCUT2D eigenvalue weighted by molar-refractivity contribution is 5.92. The van der Waals surface area contributed by atoms with Gasteiger partial charge in [-0.05, 0) is 54.6 Å². The van der Waals surface area contributed by atoms with Gasteiger partial charge >= 0.3 is 0 Å². The third-order valence-corrected chi connectivity index (χ3v) is 5.23. The van der Waals surface area contributed by atoms with E-state index in [1.807, 2.05) is 0 Å². The molecule has 0 bridgehead atoms. The molecular weight excluding hydrogens is 408 g/mol. The van der Waals surface area contributed by atoms with Crippen molar-refractivity contribution < 1.29 is 10.0 Å². The van der Waals surface area contributed by atoms with Crippen molar-refractivity contribution >= 4 is 39.6 Å². The normalized spacial score (nSPS) is 11.5. The highest BCUT2D eigenvalue weighted by Gasteiger charge is 2.13. The van der Waals surface area contributed by atoms with E-state index in [0.717, 1.165) is 16.5 Å². The molecule has 32 heavy (non-hydrogen) atoms. The van der Waals surface area contributed by atoms with Crippen LogP contribution in [0.15, 0.2) is 77.7 Å². The second-order valence-electron chi connectivity index (χ2n) is 7.21. The minimum atomic E-state index is -0.488. The van der Waals surface area contributed by atoms with Gasteiger partial charge in [0.2, 0.25) is 0 Å². The predicted molar refractivity (Wildman–Crippen MR) is 123 cm³/mol. The predicted octanol–water partition coefficient (Wildman–Crippen LogP) is 4.65. The van der Waals surface area contributed by atoms with Crippen LogP contribution in [0.25, 0.3) is 39.6 Å². The summed E-state index contributed by atoms with van der Waals surface area (Å²) < 4.78 is 1.43. The first-order valence-corrected chi connectivity index (χ1v) is 9.76. The van der Waals surface area contributed by atoms with Crippen molar-refractivity contribution in [1.29, 1.82) is 0 Å². The van der Waals surface area contributed by atoms with Gasteiger partial charge in [0.05, 0.1) is 21.5 Å². The molecule has 3 aromatic carbocycles. The van der Waals surface area contributed by atoms with Gasteiger partial charge in [0.1, 0.15) is 11.6 Å². The molecule has 2 N–H and O–H groups in total. The number of fused-ring (bicyclic) bond motifs is 2.